The van der Waals surface area contributed by atoms with E-state index in [1.165, 1.54) is 17.7 Å². The lowest BCUT2D eigenvalue weighted by Crippen LogP contribution is -2.48. The van der Waals surface area contributed by atoms with Crippen LogP contribution in [0.3, 0.4) is 0 Å². The second-order valence-corrected chi connectivity index (χ2v) is 7.71. The van der Waals surface area contributed by atoms with Crippen molar-refractivity contribution < 1.29 is 0 Å². The molecule has 6 heteroatoms. The Morgan fingerprint density at radius 1 is 1.17 bits per heavy atom. The molecule has 0 aromatic carbocycles. The van der Waals surface area contributed by atoms with Crippen LogP contribution >= 0.6 is 11.3 Å². The lowest BCUT2D eigenvalue weighted by atomic mass is 9.93. The molecule has 5 nitrogen and oxygen atoms in total. The smallest absolute Gasteiger partial charge is 0.191 e. The number of aliphatic imine (C=N–C) groups is 1. The van der Waals surface area contributed by atoms with E-state index in [4.69, 9.17) is 4.99 Å². The van der Waals surface area contributed by atoms with Crippen LogP contribution in [0.4, 0.5) is 0 Å². The summed E-state index contributed by atoms with van der Waals surface area (Å²) >= 11 is 1.73. The third-order valence-electron chi connectivity index (χ3n) is 4.46. The third kappa shape index (κ3) is 6.40. The predicted molar refractivity (Wildman–Crippen MR) is 106 cm³/mol. The molecule has 2 N–H and O–H groups in total. The van der Waals surface area contributed by atoms with Crippen molar-refractivity contribution in [3.05, 3.63) is 15.6 Å². The molecule has 0 fully saturated rings. The number of hydrogen-bond acceptors (Lipinski definition) is 4. The first kappa shape index (κ1) is 20.9. The molecule has 1 atom stereocenters. The van der Waals surface area contributed by atoms with Crippen molar-refractivity contribution in [1.29, 1.82) is 0 Å². The lowest BCUT2D eigenvalue weighted by Gasteiger charge is -2.32. The van der Waals surface area contributed by atoms with Gasteiger partial charge in [0.25, 0.3) is 0 Å². The fraction of sp³-hybridized carbons (Fsp3) is 0.778. The summed E-state index contributed by atoms with van der Waals surface area (Å²) in [5.41, 5.74) is 1.10. The highest BCUT2D eigenvalue weighted by molar-refractivity contribution is 7.11. The molecule has 1 heterocycles. The Kier molecular flexibility index (Phi) is 9.29. The van der Waals surface area contributed by atoms with Crippen molar-refractivity contribution >= 4 is 17.3 Å². The molecule has 0 amide bonds. The first-order chi connectivity index (χ1) is 11.4. The van der Waals surface area contributed by atoms with Gasteiger partial charge < -0.3 is 15.5 Å². The van der Waals surface area contributed by atoms with Crippen LogP contribution in [0.25, 0.3) is 0 Å². The number of thiazole rings is 1. The van der Waals surface area contributed by atoms with Gasteiger partial charge in [0.05, 0.1) is 17.2 Å². The molecule has 1 aromatic heterocycles. The van der Waals surface area contributed by atoms with Crippen molar-refractivity contribution in [1.82, 2.24) is 20.5 Å². The second-order valence-electron chi connectivity index (χ2n) is 6.43. The molecule has 0 radical (unpaired) electrons. The number of nitrogens with one attached hydrogen (secondary N) is 2. The van der Waals surface area contributed by atoms with Crippen LogP contribution < -0.4 is 10.6 Å². The van der Waals surface area contributed by atoms with Crippen LogP contribution in [0.5, 0.6) is 0 Å². The van der Waals surface area contributed by atoms with Gasteiger partial charge in [-0.3, -0.25) is 0 Å². The van der Waals surface area contributed by atoms with Gasteiger partial charge in [0.15, 0.2) is 5.96 Å². The molecule has 1 unspecified atom stereocenters. The number of aromatic nitrogens is 1. The fourth-order valence-electron chi connectivity index (χ4n) is 3.02. The van der Waals surface area contributed by atoms with Crippen LogP contribution in [-0.4, -0.2) is 49.1 Å². The molecule has 0 spiro atoms. The van der Waals surface area contributed by atoms with E-state index in [1.807, 2.05) is 6.92 Å². The summed E-state index contributed by atoms with van der Waals surface area (Å²) < 4.78 is 0. The minimum atomic E-state index is 0.510. The van der Waals surface area contributed by atoms with Gasteiger partial charge in [-0.2, -0.15) is 0 Å². The molecule has 0 saturated heterocycles. The summed E-state index contributed by atoms with van der Waals surface area (Å²) in [6.07, 6.45) is 2.40. The van der Waals surface area contributed by atoms with Crippen molar-refractivity contribution in [2.24, 2.45) is 10.9 Å². The largest absolute Gasteiger partial charge is 0.357 e. The van der Waals surface area contributed by atoms with Crippen molar-refractivity contribution in [2.45, 2.75) is 60.0 Å². The maximum atomic E-state index is 4.75. The van der Waals surface area contributed by atoms with E-state index in [0.29, 0.717) is 18.5 Å². The highest BCUT2D eigenvalue weighted by atomic mass is 32.1. The van der Waals surface area contributed by atoms with Gasteiger partial charge in [0.2, 0.25) is 0 Å². The molecule has 1 rings (SSSR count). The fourth-order valence-corrected chi connectivity index (χ4v) is 3.88. The first-order valence-corrected chi connectivity index (χ1v) is 9.85. The highest BCUT2D eigenvalue weighted by Gasteiger charge is 2.20. The van der Waals surface area contributed by atoms with Gasteiger partial charge >= 0.3 is 0 Å². The van der Waals surface area contributed by atoms with Gasteiger partial charge in [-0.15, -0.1) is 11.3 Å². The topological polar surface area (TPSA) is 52.6 Å². The number of hydrogen-bond donors (Lipinski definition) is 2. The Balaban J connectivity index is 2.73. The lowest BCUT2D eigenvalue weighted by molar-refractivity contribution is 0.200. The summed E-state index contributed by atoms with van der Waals surface area (Å²) in [7, 11) is 4.33. The van der Waals surface area contributed by atoms with Crippen molar-refractivity contribution in [2.75, 3.05) is 27.2 Å². The summed E-state index contributed by atoms with van der Waals surface area (Å²) in [6.45, 7) is 13.2. The molecule has 0 bridgehead atoms. The maximum Gasteiger partial charge on any atom is 0.191 e. The van der Waals surface area contributed by atoms with E-state index in [9.17, 15) is 0 Å². The van der Waals surface area contributed by atoms with E-state index >= 15 is 0 Å². The Morgan fingerprint density at radius 2 is 1.83 bits per heavy atom. The number of aryl methyl sites for hydroxylation is 2. The quantitative estimate of drug-likeness (QED) is 0.529. The van der Waals surface area contributed by atoms with Crippen LogP contribution in [0.15, 0.2) is 4.99 Å². The number of rotatable bonds is 9. The van der Waals surface area contributed by atoms with E-state index in [-0.39, 0.29) is 0 Å². The van der Waals surface area contributed by atoms with E-state index in [2.05, 4.69) is 62.3 Å². The third-order valence-corrected chi connectivity index (χ3v) is 5.52. The highest BCUT2D eigenvalue weighted by Crippen LogP contribution is 2.18. The predicted octanol–water partition coefficient (Wildman–Crippen LogP) is 3.18. The second kappa shape index (κ2) is 10.7. The monoisotopic (exact) mass is 353 g/mol. The maximum absolute atomic E-state index is 4.75. The van der Waals surface area contributed by atoms with Gasteiger partial charge in [-0.1, -0.05) is 26.7 Å². The SMILES string of the molecule is CCNC(=NCc1sc(C)nc1C)NCC(C(CC)CC)N(C)C. The van der Waals surface area contributed by atoms with Gasteiger partial charge in [-0.05, 0) is 40.8 Å². The average Bonchev–Trinajstić information content (AvgIpc) is 2.86. The molecular formula is C18H35N5S. The number of likely N-dealkylation sites (N-methyl/N-ethyl adjacent to an activating group) is 1. The molecule has 1 aromatic rings. The van der Waals surface area contributed by atoms with Crippen LogP contribution in [0.1, 0.15) is 49.2 Å². The van der Waals surface area contributed by atoms with Crippen LogP contribution in [0.2, 0.25) is 0 Å². The molecule has 0 aliphatic carbocycles. The normalized spacial score (nSPS) is 13.6. The van der Waals surface area contributed by atoms with Crippen molar-refractivity contribution in [3.63, 3.8) is 0 Å². The molecule has 24 heavy (non-hydrogen) atoms. The van der Waals surface area contributed by atoms with E-state index in [1.54, 1.807) is 11.3 Å². The molecule has 0 aliphatic rings. The molecule has 138 valence electrons. The summed E-state index contributed by atoms with van der Waals surface area (Å²) in [4.78, 5) is 12.8. The Labute approximate surface area is 152 Å². The zero-order valence-corrected chi connectivity index (χ0v) is 17.3. The first-order valence-electron chi connectivity index (χ1n) is 9.04. The Hall–Kier alpha value is -1.14. The van der Waals surface area contributed by atoms with Crippen molar-refractivity contribution in [3.8, 4) is 0 Å². The Bertz CT molecular complexity index is 506. The van der Waals surface area contributed by atoms with E-state index in [0.717, 1.165) is 29.8 Å². The summed E-state index contributed by atoms with van der Waals surface area (Å²) in [5.74, 6) is 1.59. The molecule has 0 aliphatic heterocycles. The molecular weight excluding hydrogens is 318 g/mol. The minimum Gasteiger partial charge on any atom is -0.357 e. The Morgan fingerprint density at radius 3 is 2.29 bits per heavy atom. The summed E-state index contributed by atoms with van der Waals surface area (Å²) in [6, 6.07) is 0.510. The zero-order valence-electron chi connectivity index (χ0n) is 16.4. The van der Waals surface area contributed by atoms with Crippen LogP contribution in [0, 0.1) is 19.8 Å². The van der Waals surface area contributed by atoms with Gasteiger partial charge in [0.1, 0.15) is 0 Å². The minimum absolute atomic E-state index is 0.510. The summed E-state index contributed by atoms with van der Waals surface area (Å²) in [5, 5.41) is 7.99. The number of guanidine groups is 1. The van der Waals surface area contributed by atoms with Gasteiger partial charge in [0, 0.05) is 24.0 Å². The molecule has 0 saturated carbocycles. The number of nitrogens with zero attached hydrogens (tertiary/aromatic N) is 3. The van der Waals surface area contributed by atoms with Gasteiger partial charge in [-0.25, -0.2) is 9.98 Å². The zero-order chi connectivity index (χ0) is 18.1. The standard InChI is InChI=1S/C18H35N5S/c1-8-15(9-2)16(23(6)7)11-20-18(19-10-3)21-12-17-13(4)22-14(5)24-17/h15-16H,8-12H2,1-7H3,(H2,19,20,21). The van der Waals surface area contributed by atoms with E-state index < -0.39 is 0 Å². The van der Waals surface area contributed by atoms with Crippen LogP contribution in [-0.2, 0) is 6.54 Å². The average molecular weight is 354 g/mol.